The summed E-state index contributed by atoms with van der Waals surface area (Å²) < 4.78 is 5.70. The molecule has 0 saturated carbocycles. The lowest BCUT2D eigenvalue weighted by molar-refractivity contribution is 0.101. The highest BCUT2D eigenvalue weighted by Gasteiger charge is 2.12. The smallest absolute Gasteiger partial charge is 0.195 e. The van der Waals surface area contributed by atoms with Gasteiger partial charge in [-0.3, -0.25) is 4.79 Å². The highest BCUT2D eigenvalue weighted by atomic mass is 16.3. The maximum absolute atomic E-state index is 11.4. The zero-order valence-corrected chi connectivity index (χ0v) is 10.7. The molecule has 94 valence electrons. The quantitative estimate of drug-likeness (QED) is 0.656. The molecule has 0 spiro atoms. The monoisotopic (exact) mass is 252 g/mol. The Morgan fingerprint density at radius 2 is 2.05 bits per heavy atom. The van der Waals surface area contributed by atoms with Crippen molar-refractivity contribution in [2.45, 2.75) is 13.8 Å². The summed E-state index contributed by atoms with van der Waals surface area (Å²) >= 11 is 0. The topological polar surface area (TPSA) is 56.0 Å². The molecular formula is C15H12N2O2. The number of fused-ring (bicyclic) bond motifs is 1. The molecule has 0 atom stereocenters. The molecule has 0 radical (unpaired) electrons. The normalized spacial score (nSPS) is 10.8. The fourth-order valence-electron chi connectivity index (χ4n) is 2.02. The van der Waals surface area contributed by atoms with E-state index in [1.807, 2.05) is 30.3 Å². The first-order chi connectivity index (χ1) is 9.15. The number of rotatable bonds is 2. The number of aryl methyl sites for hydroxylation is 1. The zero-order chi connectivity index (χ0) is 13.4. The summed E-state index contributed by atoms with van der Waals surface area (Å²) in [4.78, 5) is 19.9. The van der Waals surface area contributed by atoms with Gasteiger partial charge in [0.05, 0.1) is 11.3 Å². The van der Waals surface area contributed by atoms with E-state index in [2.05, 4.69) is 9.97 Å². The van der Waals surface area contributed by atoms with Crippen molar-refractivity contribution in [3.63, 3.8) is 0 Å². The van der Waals surface area contributed by atoms with Crippen LogP contribution in [0.1, 0.15) is 23.0 Å². The molecule has 4 nitrogen and oxygen atoms in total. The minimum Gasteiger partial charge on any atom is -0.453 e. The molecule has 3 aromatic rings. The average Bonchev–Trinajstić information content (AvgIpc) is 2.81. The second kappa shape index (κ2) is 4.31. The number of para-hydroxylation sites is 1. The number of hydrogen-bond donors (Lipinski definition) is 0. The van der Waals surface area contributed by atoms with Crippen LogP contribution in [0.15, 0.2) is 40.9 Å². The number of furan rings is 1. The minimum absolute atomic E-state index is 0.0337. The lowest BCUT2D eigenvalue weighted by Crippen LogP contribution is -2.01. The maximum Gasteiger partial charge on any atom is 0.195 e. The fourth-order valence-corrected chi connectivity index (χ4v) is 2.02. The molecule has 4 heteroatoms. The Morgan fingerprint density at radius 3 is 2.74 bits per heavy atom. The molecule has 1 aromatic carbocycles. The van der Waals surface area contributed by atoms with Crippen molar-refractivity contribution in [3.05, 3.63) is 47.8 Å². The third-order valence-corrected chi connectivity index (χ3v) is 3.00. The van der Waals surface area contributed by atoms with Crippen LogP contribution in [0.2, 0.25) is 0 Å². The first kappa shape index (κ1) is 11.6. The minimum atomic E-state index is -0.0337. The van der Waals surface area contributed by atoms with E-state index in [-0.39, 0.29) is 5.78 Å². The van der Waals surface area contributed by atoms with Gasteiger partial charge in [0.2, 0.25) is 0 Å². The molecule has 0 saturated heterocycles. The van der Waals surface area contributed by atoms with Crippen LogP contribution in [0.5, 0.6) is 0 Å². The summed E-state index contributed by atoms with van der Waals surface area (Å²) in [5.41, 5.74) is 2.01. The Labute approximate surface area is 110 Å². The van der Waals surface area contributed by atoms with Gasteiger partial charge in [-0.25, -0.2) is 9.97 Å². The largest absolute Gasteiger partial charge is 0.453 e. The van der Waals surface area contributed by atoms with E-state index in [1.54, 1.807) is 13.1 Å². The highest BCUT2D eigenvalue weighted by Crippen LogP contribution is 2.25. The Bertz CT molecular complexity index is 742. The van der Waals surface area contributed by atoms with E-state index in [9.17, 15) is 4.79 Å². The van der Waals surface area contributed by atoms with Gasteiger partial charge in [0, 0.05) is 11.6 Å². The van der Waals surface area contributed by atoms with Crippen LogP contribution in [0, 0.1) is 6.92 Å². The van der Waals surface area contributed by atoms with Crippen molar-refractivity contribution >= 4 is 16.8 Å². The Kier molecular flexibility index (Phi) is 2.63. The predicted octanol–water partition coefficient (Wildman–Crippen LogP) is 3.40. The molecule has 0 aliphatic rings. The molecule has 2 heterocycles. The molecule has 0 aliphatic heterocycles. The van der Waals surface area contributed by atoms with Gasteiger partial charge in [0.1, 0.15) is 5.58 Å². The van der Waals surface area contributed by atoms with Gasteiger partial charge in [0.15, 0.2) is 17.4 Å². The van der Waals surface area contributed by atoms with Crippen molar-refractivity contribution in [2.24, 2.45) is 0 Å². The second-order valence-corrected chi connectivity index (χ2v) is 4.40. The number of Topliss-reactive ketones (excluding diaryl/α,β-unsaturated/α-hetero) is 1. The van der Waals surface area contributed by atoms with Crippen molar-refractivity contribution in [2.75, 3.05) is 0 Å². The zero-order valence-electron chi connectivity index (χ0n) is 10.7. The first-order valence-corrected chi connectivity index (χ1v) is 5.98. The van der Waals surface area contributed by atoms with Crippen molar-refractivity contribution < 1.29 is 9.21 Å². The number of carbonyl (C=O) groups is 1. The maximum atomic E-state index is 11.4. The molecule has 0 aliphatic carbocycles. The Balaban J connectivity index is 2.11. The lowest BCUT2D eigenvalue weighted by Gasteiger charge is -2.01. The van der Waals surface area contributed by atoms with E-state index >= 15 is 0 Å². The van der Waals surface area contributed by atoms with Gasteiger partial charge in [-0.2, -0.15) is 0 Å². The summed E-state index contributed by atoms with van der Waals surface area (Å²) in [6.45, 7) is 3.30. The molecule has 0 fully saturated rings. The number of hydrogen-bond acceptors (Lipinski definition) is 4. The SMILES string of the molecule is CC(=O)c1cnc(-c2cc3ccccc3o2)nc1C. The Morgan fingerprint density at radius 1 is 1.26 bits per heavy atom. The fraction of sp³-hybridized carbons (Fsp3) is 0.133. The number of benzene rings is 1. The predicted molar refractivity (Wildman–Crippen MR) is 72.0 cm³/mol. The van der Waals surface area contributed by atoms with Crippen LogP contribution in [0.3, 0.4) is 0 Å². The number of ketones is 1. The number of nitrogens with zero attached hydrogens (tertiary/aromatic N) is 2. The highest BCUT2D eigenvalue weighted by molar-refractivity contribution is 5.94. The van der Waals surface area contributed by atoms with Crippen molar-refractivity contribution in [3.8, 4) is 11.6 Å². The van der Waals surface area contributed by atoms with Crippen LogP contribution in [0.4, 0.5) is 0 Å². The van der Waals surface area contributed by atoms with Gasteiger partial charge in [-0.1, -0.05) is 18.2 Å². The van der Waals surface area contributed by atoms with E-state index < -0.39 is 0 Å². The first-order valence-electron chi connectivity index (χ1n) is 5.98. The molecule has 2 aromatic heterocycles. The summed E-state index contributed by atoms with van der Waals surface area (Å²) in [6, 6.07) is 9.64. The third kappa shape index (κ3) is 2.01. The third-order valence-electron chi connectivity index (χ3n) is 3.00. The summed E-state index contributed by atoms with van der Waals surface area (Å²) in [6.07, 6.45) is 1.55. The van der Waals surface area contributed by atoms with Crippen LogP contribution < -0.4 is 0 Å². The van der Waals surface area contributed by atoms with E-state index in [1.165, 1.54) is 6.92 Å². The average molecular weight is 252 g/mol. The summed E-state index contributed by atoms with van der Waals surface area (Å²) in [5, 5.41) is 1.01. The molecule has 0 unspecified atom stereocenters. The standard InChI is InChI=1S/C15H12N2O2/c1-9-12(10(2)18)8-16-15(17-9)14-7-11-5-3-4-6-13(11)19-14/h3-8H,1-2H3. The van der Waals surface area contributed by atoms with Gasteiger partial charge in [-0.05, 0) is 26.0 Å². The molecule has 0 N–H and O–H groups in total. The van der Waals surface area contributed by atoms with Gasteiger partial charge in [-0.15, -0.1) is 0 Å². The molecule has 19 heavy (non-hydrogen) atoms. The molecule has 0 bridgehead atoms. The second-order valence-electron chi connectivity index (χ2n) is 4.40. The molecule has 0 amide bonds. The van der Waals surface area contributed by atoms with Gasteiger partial charge < -0.3 is 4.42 Å². The van der Waals surface area contributed by atoms with E-state index in [0.29, 0.717) is 22.8 Å². The van der Waals surface area contributed by atoms with Crippen molar-refractivity contribution in [1.82, 2.24) is 9.97 Å². The van der Waals surface area contributed by atoms with Crippen LogP contribution in [-0.2, 0) is 0 Å². The van der Waals surface area contributed by atoms with Crippen LogP contribution in [0.25, 0.3) is 22.6 Å². The van der Waals surface area contributed by atoms with E-state index in [0.717, 1.165) is 11.0 Å². The summed E-state index contributed by atoms with van der Waals surface area (Å²) in [7, 11) is 0. The Hall–Kier alpha value is -2.49. The molecule has 3 rings (SSSR count). The van der Waals surface area contributed by atoms with Crippen molar-refractivity contribution in [1.29, 1.82) is 0 Å². The number of aromatic nitrogens is 2. The van der Waals surface area contributed by atoms with Crippen LogP contribution in [-0.4, -0.2) is 15.8 Å². The van der Waals surface area contributed by atoms with Gasteiger partial charge >= 0.3 is 0 Å². The van der Waals surface area contributed by atoms with E-state index in [4.69, 9.17) is 4.42 Å². The molecular weight excluding hydrogens is 240 g/mol. The lowest BCUT2D eigenvalue weighted by atomic mass is 10.2. The number of carbonyl (C=O) groups excluding carboxylic acids is 1. The van der Waals surface area contributed by atoms with Crippen LogP contribution >= 0.6 is 0 Å². The summed E-state index contributed by atoms with van der Waals surface area (Å²) in [5.74, 6) is 1.08. The van der Waals surface area contributed by atoms with Gasteiger partial charge in [0.25, 0.3) is 0 Å².